The summed E-state index contributed by atoms with van der Waals surface area (Å²) in [7, 11) is -3.82. The molecule has 0 spiro atoms. The summed E-state index contributed by atoms with van der Waals surface area (Å²) in [5.41, 5.74) is 0. The van der Waals surface area contributed by atoms with E-state index >= 15 is 0 Å². The van der Waals surface area contributed by atoms with E-state index in [9.17, 15) is 5.11 Å². The van der Waals surface area contributed by atoms with Gasteiger partial charge in [0.15, 0.2) is 16.6 Å². The average molecular weight is 469 g/mol. The van der Waals surface area contributed by atoms with Crippen LogP contribution >= 0.6 is 0 Å². The lowest BCUT2D eigenvalue weighted by Gasteiger charge is -2.40. The highest BCUT2D eigenvalue weighted by atomic mass is 28.4. The highest BCUT2D eigenvalue weighted by Crippen LogP contribution is 2.47. The van der Waals surface area contributed by atoms with Crippen LogP contribution in [-0.2, 0) is 8.85 Å². The normalized spacial score (nSPS) is 26.5. The Hall–Kier alpha value is -0.206. The number of allylic oxidation sites excluding steroid dienone is 4. The molecule has 1 N–H and O–H groups in total. The summed E-state index contributed by atoms with van der Waals surface area (Å²) < 4.78 is 13.8. The highest BCUT2D eigenvalue weighted by Gasteiger charge is 2.50. The van der Waals surface area contributed by atoms with Crippen LogP contribution in [0.2, 0.25) is 36.3 Å². The van der Waals surface area contributed by atoms with E-state index in [1.807, 2.05) is 0 Å². The first-order valence-corrected chi connectivity index (χ1v) is 18.2. The van der Waals surface area contributed by atoms with Gasteiger partial charge in [-0.2, -0.15) is 0 Å². The van der Waals surface area contributed by atoms with Crippen LogP contribution in [-0.4, -0.2) is 40.6 Å². The molecular weight excluding hydrogens is 416 g/mol. The molecule has 0 heterocycles. The standard InChI is InChI=1S/C26H52O3Si2/c1-12-13-14-15-16-17-18-21-22(20-27)24(29-31(10,11)26(5,6)7)19-23(21)28-30(8,9)25(2,3)4/h13-14,16-17,21-24,27H,12,15,18-20H2,1-11H3/b14-13-,17-16-/t21-,22+,23-,24+/m1/s1. The molecule has 5 heteroatoms. The molecule has 0 aromatic rings. The van der Waals surface area contributed by atoms with E-state index < -0.39 is 16.6 Å². The summed E-state index contributed by atoms with van der Waals surface area (Å²) in [6.45, 7) is 25.4. The van der Waals surface area contributed by atoms with E-state index in [0.717, 1.165) is 25.7 Å². The van der Waals surface area contributed by atoms with E-state index in [0.29, 0.717) is 5.92 Å². The zero-order valence-corrected chi connectivity index (χ0v) is 24.4. The van der Waals surface area contributed by atoms with Crippen LogP contribution in [0.1, 0.15) is 74.1 Å². The Morgan fingerprint density at radius 2 is 1.23 bits per heavy atom. The molecule has 1 aliphatic carbocycles. The van der Waals surface area contributed by atoms with Gasteiger partial charge in [0.25, 0.3) is 0 Å². The zero-order chi connectivity index (χ0) is 24.1. The van der Waals surface area contributed by atoms with Crippen molar-refractivity contribution in [2.45, 2.75) is 123 Å². The van der Waals surface area contributed by atoms with Crippen molar-refractivity contribution in [1.29, 1.82) is 0 Å². The van der Waals surface area contributed by atoms with Gasteiger partial charge in [0, 0.05) is 12.5 Å². The van der Waals surface area contributed by atoms with Crippen LogP contribution in [0.4, 0.5) is 0 Å². The molecule has 0 aliphatic heterocycles. The molecule has 31 heavy (non-hydrogen) atoms. The minimum absolute atomic E-state index is 0.0825. The fourth-order valence-corrected chi connectivity index (χ4v) is 6.54. The molecule has 1 rings (SSSR count). The zero-order valence-electron chi connectivity index (χ0n) is 22.4. The van der Waals surface area contributed by atoms with Crippen molar-refractivity contribution in [3.05, 3.63) is 24.3 Å². The Bertz CT molecular complexity index is 597. The second-order valence-corrected chi connectivity index (χ2v) is 21.9. The van der Waals surface area contributed by atoms with Crippen molar-refractivity contribution in [1.82, 2.24) is 0 Å². The molecule has 0 aromatic carbocycles. The Morgan fingerprint density at radius 3 is 1.65 bits per heavy atom. The van der Waals surface area contributed by atoms with E-state index in [1.165, 1.54) is 0 Å². The summed E-state index contributed by atoms with van der Waals surface area (Å²) in [6.07, 6.45) is 13.1. The van der Waals surface area contributed by atoms with E-state index in [4.69, 9.17) is 8.85 Å². The average Bonchev–Trinajstić information content (AvgIpc) is 2.90. The van der Waals surface area contributed by atoms with E-state index in [-0.39, 0.29) is 34.8 Å². The van der Waals surface area contributed by atoms with Gasteiger partial charge in [0.05, 0.1) is 12.2 Å². The third-order valence-corrected chi connectivity index (χ3v) is 16.9. The number of aliphatic hydroxyl groups excluding tert-OH is 1. The van der Waals surface area contributed by atoms with Crippen molar-refractivity contribution in [2.75, 3.05) is 6.61 Å². The van der Waals surface area contributed by atoms with Crippen LogP contribution in [0.25, 0.3) is 0 Å². The molecular formula is C26H52O3Si2. The Morgan fingerprint density at radius 1 is 0.774 bits per heavy atom. The van der Waals surface area contributed by atoms with Gasteiger partial charge in [-0.1, -0.05) is 72.8 Å². The van der Waals surface area contributed by atoms with Gasteiger partial charge in [-0.05, 0) is 67.9 Å². The minimum atomic E-state index is -1.92. The predicted molar refractivity (Wildman–Crippen MR) is 141 cm³/mol. The fraction of sp³-hybridized carbons (Fsp3) is 0.846. The van der Waals surface area contributed by atoms with Gasteiger partial charge >= 0.3 is 0 Å². The van der Waals surface area contributed by atoms with Crippen molar-refractivity contribution in [2.24, 2.45) is 11.8 Å². The van der Waals surface area contributed by atoms with Crippen molar-refractivity contribution in [3.8, 4) is 0 Å². The maximum Gasteiger partial charge on any atom is 0.192 e. The lowest BCUT2D eigenvalue weighted by atomic mass is 9.91. The maximum atomic E-state index is 10.4. The molecule has 0 saturated heterocycles. The molecule has 0 bridgehead atoms. The number of rotatable bonds is 10. The molecule has 3 nitrogen and oxygen atoms in total. The first-order valence-electron chi connectivity index (χ1n) is 12.3. The fourth-order valence-electron chi connectivity index (χ4n) is 3.78. The molecule has 1 saturated carbocycles. The summed E-state index contributed by atoms with van der Waals surface area (Å²) in [6, 6.07) is 0. The van der Waals surface area contributed by atoms with Gasteiger partial charge < -0.3 is 14.0 Å². The molecule has 182 valence electrons. The molecule has 4 atom stereocenters. The van der Waals surface area contributed by atoms with E-state index in [2.05, 4.69) is 99.0 Å². The van der Waals surface area contributed by atoms with E-state index in [1.54, 1.807) is 0 Å². The molecule has 0 unspecified atom stereocenters. The molecule has 1 fully saturated rings. The van der Waals surface area contributed by atoms with Gasteiger partial charge in [0.2, 0.25) is 0 Å². The van der Waals surface area contributed by atoms with Gasteiger partial charge in [0.1, 0.15) is 0 Å². The van der Waals surface area contributed by atoms with Crippen LogP contribution in [0.3, 0.4) is 0 Å². The second kappa shape index (κ2) is 11.3. The molecule has 0 amide bonds. The van der Waals surface area contributed by atoms with Gasteiger partial charge in [-0.3, -0.25) is 0 Å². The topological polar surface area (TPSA) is 38.7 Å². The third-order valence-electron chi connectivity index (χ3n) is 7.93. The largest absolute Gasteiger partial charge is 0.414 e. The predicted octanol–water partition coefficient (Wildman–Crippen LogP) is 7.70. The van der Waals surface area contributed by atoms with Crippen LogP contribution in [0, 0.1) is 11.8 Å². The molecule has 1 aliphatic rings. The minimum Gasteiger partial charge on any atom is -0.414 e. The first-order chi connectivity index (χ1) is 14.1. The first kappa shape index (κ1) is 28.8. The maximum absolute atomic E-state index is 10.4. The van der Waals surface area contributed by atoms with Crippen LogP contribution in [0.5, 0.6) is 0 Å². The monoisotopic (exact) mass is 468 g/mol. The van der Waals surface area contributed by atoms with Crippen LogP contribution < -0.4 is 0 Å². The lowest BCUT2D eigenvalue weighted by molar-refractivity contribution is 0.0744. The summed E-state index contributed by atoms with van der Waals surface area (Å²) in [5, 5.41) is 10.7. The summed E-state index contributed by atoms with van der Waals surface area (Å²) in [4.78, 5) is 0. The summed E-state index contributed by atoms with van der Waals surface area (Å²) in [5.74, 6) is 0.444. The number of hydrogen-bond donors (Lipinski definition) is 1. The van der Waals surface area contributed by atoms with Crippen LogP contribution in [0.15, 0.2) is 24.3 Å². The second-order valence-electron chi connectivity index (χ2n) is 12.4. The quantitative estimate of drug-likeness (QED) is 0.264. The van der Waals surface area contributed by atoms with Crippen molar-refractivity contribution in [3.63, 3.8) is 0 Å². The van der Waals surface area contributed by atoms with Gasteiger partial charge in [-0.25, -0.2) is 0 Å². The number of aliphatic hydroxyl groups is 1. The number of hydrogen-bond acceptors (Lipinski definition) is 3. The lowest BCUT2D eigenvalue weighted by Crippen LogP contribution is -2.45. The molecule has 0 radical (unpaired) electrons. The Balaban J connectivity index is 3.10. The Labute approximate surface area is 196 Å². The van der Waals surface area contributed by atoms with Crippen molar-refractivity contribution < 1.29 is 14.0 Å². The third kappa shape index (κ3) is 7.95. The Kier molecular flexibility index (Phi) is 10.5. The highest BCUT2D eigenvalue weighted by molar-refractivity contribution is 6.74. The smallest absolute Gasteiger partial charge is 0.192 e. The molecule has 0 aromatic heterocycles. The van der Waals surface area contributed by atoms with Gasteiger partial charge in [-0.15, -0.1) is 0 Å². The SMILES string of the molecule is CC/C=C\C/C=C\C[C@@H]1[C@H](CO)[C@@H](O[Si](C)(C)C(C)(C)C)C[C@H]1O[Si](C)(C)C(C)(C)C. The van der Waals surface area contributed by atoms with Crippen molar-refractivity contribution >= 4 is 16.6 Å². The summed E-state index contributed by atoms with van der Waals surface area (Å²) >= 11 is 0.